The molecule has 3 amide bonds. The van der Waals surface area contributed by atoms with E-state index in [1.54, 1.807) is 6.92 Å². The lowest BCUT2D eigenvalue weighted by Crippen LogP contribution is -2.59. The van der Waals surface area contributed by atoms with Gasteiger partial charge in [0.2, 0.25) is 17.7 Å². The number of piperazine rings is 1. The molecule has 0 bridgehead atoms. The lowest BCUT2D eigenvalue weighted by Gasteiger charge is -2.33. The van der Waals surface area contributed by atoms with Crippen LogP contribution in [0.15, 0.2) is 0 Å². The van der Waals surface area contributed by atoms with Gasteiger partial charge in [0.15, 0.2) is 0 Å². The second kappa shape index (κ2) is 5.47. The molecule has 0 aromatic heterocycles. The minimum Gasteiger partial charge on any atom is -0.321 e. The summed E-state index contributed by atoms with van der Waals surface area (Å²) in [5.74, 6) is -1.83. The Kier molecular flexibility index (Phi) is 4.44. The fourth-order valence-corrected chi connectivity index (χ4v) is 2.30. The topological polar surface area (TPSA) is 101 Å². The van der Waals surface area contributed by atoms with Crippen molar-refractivity contribution in [3.63, 3.8) is 0 Å². The molecular weight excluding hydrogens is 260 g/mol. The van der Waals surface area contributed by atoms with Crippen molar-refractivity contribution in [2.75, 3.05) is 18.6 Å². The van der Waals surface area contributed by atoms with Gasteiger partial charge in [-0.15, -0.1) is 0 Å². The fraction of sp³-hybridized carbons (Fsp3) is 0.700. The highest BCUT2D eigenvalue weighted by Gasteiger charge is 2.35. The van der Waals surface area contributed by atoms with E-state index >= 15 is 0 Å². The van der Waals surface area contributed by atoms with E-state index in [2.05, 4.69) is 5.32 Å². The number of sulfone groups is 1. The first-order valence-electron chi connectivity index (χ1n) is 5.55. The summed E-state index contributed by atoms with van der Waals surface area (Å²) in [4.78, 5) is 35.7. The summed E-state index contributed by atoms with van der Waals surface area (Å²) in [5.41, 5.74) is 0. The third kappa shape index (κ3) is 3.80. The SMILES string of the molecule is CCC1C(=O)NC(=O)CN1C(=O)CCS(C)(=O)=O. The third-order valence-electron chi connectivity index (χ3n) is 2.65. The maximum atomic E-state index is 11.8. The summed E-state index contributed by atoms with van der Waals surface area (Å²) in [7, 11) is -3.24. The maximum Gasteiger partial charge on any atom is 0.249 e. The van der Waals surface area contributed by atoms with Gasteiger partial charge in [0, 0.05) is 12.7 Å². The Morgan fingerprint density at radius 2 is 2.06 bits per heavy atom. The zero-order valence-electron chi connectivity index (χ0n) is 10.3. The molecule has 1 unspecified atom stereocenters. The molecule has 102 valence electrons. The second-order valence-corrected chi connectivity index (χ2v) is 6.50. The van der Waals surface area contributed by atoms with Gasteiger partial charge in [0.25, 0.3) is 0 Å². The first-order chi connectivity index (χ1) is 8.24. The number of amides is 3. The van der Waals surface area contributed by atoms with Gasteiger partial charge in [0.05, 0.1) is 5.75 Å². The van der Waals surface area contributed by atoms with E-state index in [1.165, 1.54) is 0 Å². The van der Waals surface area contributed by atoms with Crippen molar-refractivity contribution in [2.24, 2.45) is 0 Å². The van der Waals surface area contributed by atoms with E-state index in [0.717, 1.165) is 11.2 Å². The minimum atomic E-state index is -3.24. The summed E-state index contributed by atoms with van der Waals surface area (Å²) in [6.07, 6.45) is 1.20. The Hall–Kier alpha value is -1.44. The van der Waals surface area contributed by atoms with Crippen LogP contribution < -0.4 is 5.32 Å². The molecule has 8 heteroatoms. The van der Waals surface area contributed by atoms with Crippen LogP contribution in [-0.4, -0.2) is 55.6 Å². The molecule has 1 atom stereocenters. The Balaban J connectivity index is 2.75. The van der Waals surface area contributed by atoms with Crippen LogP contribution in [0.4, 0.5) is 0 Å². The lowest BCUT2D eigenvalue weighted by atomic mass is 10.1. The Morgan fingerprint density at radius 1 is 1.44 bits per heavy atom. The quantitative estimate of drug-likeness (QED) is 0.642. The molecule has 1 heterocycles. The van der Waals surface area contributed by atoms with E-state index < -0.39 is 33.6 Å². The highest BCUT2D eigenvalue weighted by atomic mass is 32.2. The van der Waals surface area contributed by atoms with Crippen molar-refractivity contribution >= 4 is 27.6 Å². The highest BCUT2D eigenvalue weighted by Crippen LogP contribution is 2.11. The fourth-order valence-electron chi connectivity index (χ4n) is 1.75. The zero-order valence-corrected chi connectivity index (χ0v) is 11.1. The van der Waals surface area contributed by atoms with Crippen LogP contribution in [0, 0.1) is 0 Å². The number of imide groups is 1. The predicted molar refractivity (Wildman–Crippen MR) is 63.3 cm³/mol. The van der Waals surface area contributed by atoms with Crippen molar-refractivity contribution in [2.45, 2.75) is 25.8 Å². The number of rotatable bonds is 4. The standard InChI is InChI=1S/C10H16N2O5S/c1-3-7-10(15)11-8(13)6-12(7)9(14)4-5-18(2,16)17/h7H,3-6H2,1-2H3,(H,11,13,15). The number of hydrogen-bond donors (Lipinski definition) is 1. The molecule has 1 aliphatic heterocycles. The van der Waals surface area contributed by atoms with Crippen molar-refractivity contribution in [1.29, 1.82) is 0 Å². The maximum absolute atomic E-state index is 11.8. The molecule has 1 aliphatic rings. The number of carbonyl (C=O) groups excluding carboxylic acids is 3. The van der Waals surface area contributed by atoms with E-state index in [0.29, 0.717) is 6.42 Å². The van der Waals surface area contributed by atoms with Crippen LogP contribution >= 0.6 is 0 Å². The second-order valence-electron chi connectivity index (χ2n) is 4.24. The summed E-state index contributed by atoms with van der Waals surface area (Å²) in [5, 5.41) is 2.15. The van der Waals surface area contributed by atoms with Gasteiger partial charge >= 0.3 is 0 Å². The summed E-state index contributed by atoms with van der Waals surface area (Å²) >= 11 is 0. The molecule has 0 radical (unpaired) electrons. The third-order valence-corrected chi connectivity index (χ3v) is 3.59. The molecule has 18 heavy (non-hydrogen) atoms. The predicted octanol–water partition coefficient (Wildman–Crippen LogP) is -1.32. The molecule has 1 rings (SSSR count). The average molecular weight is 276 g/mol. The molecule has 0 saturated carbocycles. The smallest absolute Gasteiger partial charge is 0.249 e. The number of nitrogens with zero attached hydrogens (tertiary/aromatic N) is 1. The largest absolute Gasteiger partial charge is 0.321 e. The van der Waals surface area contributed by atoms with Gasteiger partial charge in [-0.25, -0.2) is 8.42 Å². The van der Waals surface area contributed by atoms with E-state index in [1.807, 2.05) is 0 Å². The Bertz CT molecular complexity index is 471. The molecule has 1 saturated heterocycles. The molecule has 0 aliphatic carbocycles. The van der Waals surface area contributed by atoms with Crippen LogP contribution in [0.25, 0.3) is 0 Å². The summed E-state index contributed by atoms with van der Waals surface area (Å²) in [6.45, 7) is 1.52. The van der Waals surface area contributed by atoms with Gasteiger partial charge in [-0.1, -0.05) is 6.92 Å². The summed E-state index contributed by atoms with van der Waals surface area (Å²) in [6, 6.07) is -0.699. The van der Waals surface area contributed by atoms with Gasteiger partial charge in [-0.2, -0.15) is 0 Å². The molecule has 0 spiro atoms. The normalized spacial score (nSPS) is 20.8. The van der Waals surface area contributed by atoms with E-state index in [4.69, 9.17) is 0 Å². The molecule has 1 fully saturated rings. The minimum absolute atomic E-state index is 0.202. The summed E-state index contributed by atoms with van der Waals surface area (Å²) < 4.78 is 22.0. The first-order valence-corrected chi connectivity index (χ1v) is 7.61. The van der Waals surface area contributed by atoms with Crippen molar-refractivity contribution in [1.82, 2.24) is 10.2 Å². The average Bonchev–Trinajstić information content (AvgIpc) is 2.24. The molecule has 7 nitrogen and oxygen atoms in total. The number of nitrogens with one attached hydrogen (secondary N) is 1. The number of carbonyl (C=O) groups is 3. The highest BCUT2D eigenvalue weighted by molar-refractivity contribution is 7.90. The molecule has 0 aromatic rings. The zero-order chi connectivity index (χ0) is 13.9. The van der Waals surface area contributed by atoms with Crippen LogP contribution in [0.3, 0.4) is 0 Å². The lowest BCUT2D eigenvalue weighted by molar-refractivity contribution is -0.149. The Morgan fingerprint density at radius 3 is 2.56 bits per heavy atom. The van der Waals surface area contributed by atoms with Gasteiger partial charge in [0.1, 0.15) is 22.4 Å². The molecular formula is C10H16N2O5S. The van der Waals surface area contributed by atoms with Crippen molar-refractivity contribution in [3.8, 4) is 0 Å². The van der Waals surface area contributed by atoms with Gasteiger partial charge in [-0.05, 0) is 6.42 Å². The van der Waals surface area contributed by atoms with Crippen LogP contribution in [-0.2, 0) is 24.2 Å². The van der Waals surface area contributed by atoms with Crippen LogP contribution in [0.1, 0.15) is 19.8 Å². The van der Waals surface area contributed by atoms with E-state index in [9.17, 15) is 22.8 Å². The monoisotopic (exact) mass is 276 g/mol. The van der Waals surface area contributed by atoms with Crippen molar-refractivity contribution < 1.29 is 22.8 Å². The van der Waals surface area contributed by atoms with Crippen LogP contribution in [0.5, 0.6) is 0 Å². The van der Waals surface area contributed by atoms with Gasteiger partial charge < -0.3 is 4.90 Å². The molecule has 1 N–H and O–H groups in total. The van der Waals surface area contributed by atoms with Crippen LogP contribution in [0.2, 0.25) is 0 Å². The van der Waals surface area contributed by atoms with E-state index in [-0.39, 0.29) is 18.7 Å². The Labute approximate surface area is 105 Å². The molecule has 0 aromatic carbocycles. The number of hydrogen-bond acceptors (Lipinski definition) is 5. The van der Waals surface area contributed by atoms with Gasteiger partial charge in [-0.3, -0.25) is 19.7 Å². The van der Waals surface area contributed by atoms with Crippen molar-refractivity contribution in [3.05, 3.63) is 0 Å². The first kappa shape index (κ1) is 14.6.